The molecule has 0 saturated carbocycles. The molecule has 0 aliphatic rings. The van der Waals surface area contributed by atoms with Crippen molar-refractivity contribution in [2.24, 2.45) is 0 Å². The van der Waals surface area contributed by atoms with E-state index in [2.05, 4.69) is 60.1 Å². The van der Waals surface area contributed by atoms with Crippen molar-refractivity contribution >= 4 is 35.3 Å². The van der Waals surface area contributed by atoms with Crippen LogP contribution in [0.25, 0.3) is 0 Å². The molecule has 0 unspecified atom stereocenters. The predicted molar refractivity (Wildman–Crippen MR) is 68.4 cm³/mol. The molecule has 2 heteroatoms. The van der Waals surface area contributed by atoms with E-state index in [0.717, 1.165) is 12.8 Å². The molecule has 14 heavy (non-hydrogen) atoms. The molecule has 0 aromatic heterocycles. The second kappa shape index (κ2) is 6.44. The topological polar surface area (TPSA) is 0 Å². The third kappa shape index (κ3) is 3.61. The molecular formula is C12H15BrSe. The molecule has 0 nitrogen and oxygen atoms in total. The van der Waals surface area contributed by atoms with Gasteiger partial charge in [0.25, 0.3) is 0 Å². The Balaban J connectivity index is 2.77. The summed E-state index contributed by atoms with van der Waals surface area (Å²) in [5.74, 6) is 0. The minimum absolute atomic E-state index is 0.491. The summed E-state index contributed by atoms with van der Waals surface area (Å²) in [6.45, 7) is 4.43. The third-order valence-corrected chi connectivity index (χ3v) is 6.25. The van der Waals surface area contributed by atoms with E-state index in [1.807, 2.05) is 0 Å². The average molecular weight is 318 g/mol. The molecule has 0 heterocycles. The Morgan fingerprint density at radius 2 is 1.79 bits per heavy atom. The molecule has 76 valence electrons. The normalized spacial score (nSPS) is 12.5. The first-order chi connectivity index (χ1) is 6.77. The van der Waals surface area contributed by atoms with E-state index in [0.29, 0.717) is 15.0 Å². The zero-order valence-corrected chi connectivity index (χ0v) is 11.9. The van der Waals surface area contributed by atoms with Gasteiger partial charge in [0.15, 0.2) is 0 Å². The van der Waals surface area contributed by atoms with Crippen molar-refractivity contribution in [2.45, 2.75) is 26.7 Å². The van der Waals surface area contributed by atoms with Gasteiger partial charge in [0.2, 0.25) is 0 Å². The number of halogens is 1. The molecule has 0 bridgehead atoms. The maximum absolute atomic E-state index is 3.66. The average Bonchev–Trinajstić information content (AvgIpc) is 2.26. The Labute approximate surface area is 101 Å². The molecule has 1 rings (SSSR count). The number of rotatable bonds is 4. The van der Waals surface area contributed by atoms with E-state index in [9.17, 15) is 0 Å². The second-order valence-corrected chi connectivity index (χ2v) is 6.36. The van der Waals surface area contributed by atoms with Crippen LogP contribution in [0, 0.1) is 0 Å². The van der Waals surface area contributed by atoms with Gasteiger partial charge in [-0.2, -0.15) is 0 Å². The Kier molecular flexibility index (Phi) is 5.54. The maximum atomic E-state index is 3.66. The summed E-state index contributed by atoms with van der Waals surface area (Å²) >= 11 is 4.15. The van der Waals surface area contributed by atoms with Crippen molar-refractivity contribution in [3.63, 3.8) is 0 Å². The van der Waals surface area contributed by atoms with Gasteiger partial charge < -0.3 is 0 Å². The molecule has 0 spiro atoms. The molecule has 0 saturated heterocycles. The van der Waals surface area contributed by atoms with Crippen LogP contribution in [-0.2, 0) is 0 Å². The van der Waals surface area contributed by atoms with E-state index in [4.69, 9.17) is 0 Å². The Bertz CT molecular complexity index is 303. The van der Waals surface area contributed by atoms with E-state index in [1.54, 1.807) is 4.47 Å². The van der Waals surface area contributed by atoms with Crippen LogP contribution in [0.2, 0.25) is 0 Å². The van der Waals surface area contributed by atoms with Crippen LogP contribution in [0.4, 0.5) is 0 Å². The van der Waals surface area contributed by atoms with Crippen molar-refractivity contribution in [1.29, 1.82) is 0 Å². The van der Waals surface area contributed by atoms with Crippen LogP contribution >= 0.6 is 15.9 Å². The van der Waals surface area contributed by atoms with Gasteiger partial charge in [-0.3, -0.25) is 0 Å². The van der Waals surface area contributed by atoms with E-state index >= 15 is 0 Å². The second-order valence-electron chi connectivity index (χ2n) is 2.95. The summed E-state index contributed by atoms with van der Waals surface area (Å²) in [6, 6.07) is 10.7. The molecule has 0 aliphatic heterocycles. The van der Waals surface area contributed by atoms with Gasteiger partial charge >= 0.3 is 101 Å². The van der Waals surface area contributed by atoms with Gasteiger partial charge in [-0.25, -0.2) is 0 Å². The fraction of sp³-hybridized carbons (Fsp3) is 0.333. The molecule has 0 N–H and O–H groups in total. The molecule has 0 amide bonds. The van der Waals surface area contributed by atoms with Crippen molar-refractivity contribution in [1.82, 2.24) is 0 Å². The molecule has 1 aromatic rings. The number of hydrogen-bond donors (Lipinski definition) is 0. The Hall–Kier alpha value is -0.0405. The summed E-state index contributed by atoms with van der Waals surface area (Å²) in [7, 11) is 0. The standard InChI is InChI=1S/C12H15BrSe/c1-3-11(13)12(4-2)14-10-8-6-5-7-9-10/h5-9H,3-4H2,1-2H3/b12-11+. The summed E-state index contributed by atoms with van der Waals surface area (Å²) in [4.78, 5) is 0. The van der Waals surface area contributed by atoms with E-state index in [-0.39, 0.29) is 0 Å². The molecule has 0 fully saturated rings. The van der Waals surface area contributed by atoms with Gasteiger partial charge in [0.05, 0.1) is 0 Å². The van der Waals surface area contributed by atoms with E-state index in [1.165, 1.54) is 8.94 Å². The first kappa shape index (κ1) is 12.0. The van der Waals surface area contributed by atoms with Crippen LogP contribution in [0.1, 0.15) is 26.7 Å². The molecule has 0 atom stereocenters. The number of allylic oxidation sites excluding steroid dienone is 2. The molecular weight excluding hydrogens is 303 g/mol. The summed E-state index contributed by atoms with van der Waals surface area (Å²) in [5.41, 5.74) is 0. The quantitative estimate of drug-likeness (QED) is 0.746. The SMILES string of the molecule is CC/C(Br)=C(/CC)[Se]c1ccccc1. The zero-order valence-electron chi connectivity index (χ0n) is 8.59. The summed E-state index contributed by atoms with van der Waals surface area (Å²) < 4.78 is 4.43. The molecule has 1 aromatic carbocycles. The Morgan fingerprint density at radius 1 is 1.14 bits per heavy atom. The first-order valence-corrected chi connectivity index (χ1v) is 7.39. The summed E-state index contributed by atoms with van der Waals surface area (Å²) in [5, 5.41) is 0. The molecule has 0 radical (unpaired) electrons. The third-order valence-electron chi connectivity index (χ3n) is 1.92. The van der Waals surface area contributed by atoms with Crippen LogP contribution in [0.5, 0.6) is 0 Å². The monoisotopic (exact) mass is 318 g/mol. The van der Waals surface area contributed by atoms with Crippen molar-refractivity contribution in [3.05, 3.63) is 39.3 Å². The van der Waals surface area contributed by atoms with E-state index < -0.39 is 0 Å². The van der Waals surface area contributed by atoms with Crippen LogP contribution < -0.4 is 4.46 Å². The number of benzene rings is 1. The van der Waals surface area contributed by atoms with Crippen molar-refractivity contribution in [3.8, 4) is 0 Å². The van der Waals surface area contributed by atoms with Crippen LogP contribution in [0.3, 0.4) is 0 Å². The van der Waals surface area contributed by atoms with Gasteiger partial charge in [-0.1, -0.05) is 0 Å². The first-order valence-electron chi connectivity index (χ1n) is 4.88. The van der Waals surface area contributed by atoms with Gasteiger partial charge in [0.1, 0.15) is 0 Å². The predicted octanol–water partition coefficient (Wildman–Crippen LogP) is 3.44. The fourth-order valence-electron chi connectivity index (χ4n) is 1.15. The van der Waals surface area contributed by atoms with Gasteiger partial charge in [0, 0.05) is 0 Å². The van der Waals surface area contributed by atoms with Crippen molar-refractivity contribution in [2.75, 3.05) is 0 Å². The Morgan fingerprint density at radius 3 is 2.29 bits per heavy atom. The number of hydrogen-bond acceptors (Lipinski definition) is 0. The fourth-order valence-corrected chi connectivity index (χ4v) is 3.90. The summed E-state index contributed by atoms with van der Waals surface area (Å²) in [6.07, 6.45) is 2.26. The van der Waals surface area contributed by atoms with Crippen LogP contribution in [0.15, 0.2) is 39.3 Å². The van der Waals surface area contributed by atoms with Gasteiger partial charge in [-0.05, 0) is 0 Å². The van der Waals surface area contributed by atoms with Crippen molar-refractivity contribution < 1.29 is 0 Å². The minimum atomic E-state index is 0.491. The molecule has 0 aliphatic carbocycles. The van der Waals surface area contributed by atoms with Gasteiger partial charge in [-0.15, -0.1) is 0 Å². The van der Waals surface area contributed by atoms with Crippen LogP contribution in [-0.4, -0.2) is 15.0 Å². The zero-order chi connectivity index (χ0) is 10.4.